The topological polar surface area (TPSA) is 112 Å². The number of fused-ring (bicyclic) bond motifs is 3. The van der Waals surface area contributed by atoms with Crippen LogP contribution < -0.4 is 16.2 Å². The second kappa shape index (κ2) is 8.17. The number of likely N-dealkylation sites (N-methyl/N-ethyl adjacent to an activating group) is 2. The number of hydrogen-bond donors (Lipinski definition) is 2. The summed E-state index contributed by atoms with van der Waals surface area (Å²) in [6.45, 7) is 3.20. The van der Waals surface area contributed by atoms with Crippen LogP contribution in [0.1, 0.15) is 45.0 Å². The van der Waals surface area contributed by atoms with E-state index in [9.17, 15) is 14.4 Å². The van der Waals surface area contributed by atoms with Crippen molar-refractivity contribution in [3.8, 4) is 0 Å². The van der Waals surface area contributed by atoms with Crippen molar-refractivity contribution in [2.24, 2.45) is 0 Å². The molecule has 1 aliphatic carbocycles. The number of carbonyl (C=O) groups is 2. The minimum atomic E-state index is -0.619. The van der Waals surface area contributed by atoms with E-state index < -0.39 is 5.66 Å². The van der Waals surface area contributed by atoms with E-state index in [1.165, 1.54) is 17.7 Å². The minimum absolute atomic E-state index is 0.0826. The zero-order chi connectivity index (χ0) is 24.2. The first-order valence-electron chi connectivity index (χ1n) is 11.2. The molecule has 3 aromatic heterocycles. The van der Waals surface area contributed by atoms with Gasteiger partial charge in [-0.2, -0.15) is 0 Å². The minimum Gasteiger partial charge on any atom is -0.340 e. The van der Waals surface area contributed by atoms with Crippen molar-refractivity contribution in [3.05, 3.63) is 44.9 Å². The predicted molar refractivity (Wildman–Crippen MR) is 131 cm³/mol. The fraction of sp³-hybridized carbons (Fsp3) is 0.435. The van der Waals surface area contributed by atoms with E-state index >= 15 is 0 Å². The Balaban J connectivity index is 1.49. The van der Waals surface area contributed by atoms with Crippen molar-refractivity contribution >= 4 is 44.9 Å². The summed E-state index contributed by atoms with van der Waals surface area (Å²) in [5.74, 6) is 0.165. The molecule has 5 rings (SSSR count). The Morgan fingerprint density at radius 2 is 1.97 bits per heavy atom. The third kappa shape index (κ3) is 3.55. The fourth-order valence-corrected chi connectivity index (χ4v) is 5.53. The highest BCUT2D eigenvalue weighted by atomic mass is 32.1. The van der Waals surface area contributed by atoms with E-state index in [0.717, 1.165) is 31.4 Å². The van der Waals surface area contributed by atoms with Crippen molar-refractivity contribution in [3.63, 3.8) is 0 Å². The maximum absolute atomic E-state index is 13.4. The van der Waals surface area contributed by atoms with Crippen LogP contribution >= 0.6 is 11.3 Å². The first-order valence-corrected chi connectivity index (χ1v) is 12.0. The second-order valence-electron chi connectivity index (χ2n) is 9.28. The van der Waals surface area contributed by atoms with E-state index in [0.29, 0.717) is 38.8 Å². The number of hydrogen-bond acceptors (Lipinski definition) is 8. The number of amides is 2. The number of rotatable bonds is 6. The predicted octanol–water partition coefficient (Wildman–Crippen LogP) is 2.12. The number of nitrogens with one attached hydrogen (secondary N) is 2. The van der Waals surface area contributed by atoms with Gasteiger partial charge in [-0.05, 0) is 58.0 Å². The third-order valence-corrected chi connectivity index (χ3v) is 7.62. The molecule has 11 heteroatoms. The number of anilines is 2. The Kier molecular flexibility index (Phi) is 5.40. The highest BCUT2D eigenvalue weighted by Crippen LogP contribution is 2.41. The molecule has 0 saturated heterocycles. The van der Waals surface area contributed by atoms with Crippen molar-refractivity contribution < 1.29 is 9.59 Å². The summed E-state index contributed by atoms with van der Waals surface area (Å²) in [4.78, 5) is 52.5. The van der Waals surface area contributed by atoms with E-state index in [1.54, 1.807) is 28.6 Å². The molecule has 0 radical (unpaired) electrons. The zero-order valence-corrected chi connectivity index (χ0v) is 20.5. The molecule has 1 fully saturated rings. The van der Waals surface area contributed by atoms with Gasteiger partial charge in [-0.15, -0.1) is 11.3 Å². The number of aromatic nitrogens is 3. The average Bonchev–Trinajstić information content (AvgIpc) is 3.35. The molecule has 1 aliphatic heterocycles. The molecule has 10 nitrogen and oxygen atoms in total. The van der Waals surface area contributed by atoms with Gasteiger partial charge >= 0.3 is 0 Å². The van der Waals surface area contributed by atoms with E-state index in [1.807, 2.05) is 25.9 Å². The number of nitrogens with zero attached hydrogens (tertiary/aromatic N) is 5. The Morgan fingerprint density at radius 3 is 2.65 bits per heavy atom. The van der Waals surface area contributed by atoms with Gasteiger partial charge in [0, 0.05) is 20.1 Å². The van der Waals surface area contributed by atoms with Crippen molar-refractivity contribution in [1.29, 1.82) is 0 Å². The van der Waals surface area contributed by atoms with Crippen LogP contribution in [0.4, 0.5) is 11.5 Å². The van der Waals surface area contributed by atoms with Crippen LogP contribution in [0.15, 0.2) is 23.3 Å². The van der Waals surface area contributed by atoms with Crippen molar-refractivity contribution in [2.45, 2.75) is 31.8 Å². The standard InChI is InChI=1S/C23H27N7O3S/c1-13-10-15(21(32)30-17(13)19(31)27-23(30)6-5-7-23)26-18-14-11-16(34-20(14)25-12-24-18)22(33)29(4)9-8-28(2)3/h10-12H,5-9H2,1-4H3,(H,27,31)(H,24,25,26). The molecule has 1 spiro atoms. The lowest BCUT2D eigenvalue weighted by Crippen LogP contribution is -2.52. The average molecular weight is 482 g/mol. The summed E-state index contributed by atoms with van der Waals surface area (Å²) < 4.78 is 1.61. The Morgan fingerprint density at radius 1 is 1.21 bits per heavy atom. The molecule has 0 unspecified atom stereocenters. The Labute approximate surface area is 200 Å². The van der Waals surface area contributed by atoms with Gasteiger partial charge in [0.15, 0.2) is 0 Å². The van der Waals surface area contributed by atoms with Crippen LogP contribution in [0, 0.1) is 6.92 Å². The van der Waals surface area contributed by atoms with Gasteiger partial charge in [0.2, 0.25) is 0 Å². The summed E-state index contributed by atoms with van der Waals surface area (Å²) in [7, 11) is 5.71. The van der Waals surface area contributed by atoms with E-state index in [2.05, 4.69) is 20.6 Å². The van der Waals surface area contributed by atoms with Crippen LogP contribution in [-0.4, -0.2) is 70.4 Å². The molecule has 2 aliphatic rings. The maximum atomic E-state index is 13.4. The summed E-state index contributed by atoms with van der Waals surface area (Å²) in [6.07, 6.45) is 3.86. The monoisotopic (exact) mass is 481 g/mol. The molecule has 1 saturated carbocycles. The highest BCUT2D eigenvalue weighted by Gasteiger charge is 2.48. The molecule has 3 aromatic rings. The number of aryl methyl sites for hydroxylation is 1. The molecule has 2 N–H and O–H groups in total. The van der Waals surface area contributed by atoms with Gasteiger partial charge in [0.05, 0.1) is 10.3 Å². The van der Waals surface area contributed by atoms with Gasteiger partial charge in [-0.3, -0.25) is 19.0 Å². The van der Waals surface area contributed by atoms with Gasteiger partial charge in [0.25, 0.3) is 17.4 Å². The molecule has 0 bridgehead atoms. The first-order chi connectivity index (χ1) is 16.2. The van der Waals surface area contributed by atoms with Gasteiger partial charge in [-0.1, -0.05) is 0 Å². The summed E-state index contributed by atoms with van der Waals surface area (Å²) >= 11 is 1.30. The van der Waals surface area contributed by atoms with Gasteiger partial charge in [0.1, 0.15) is 34.0 Å². The first kappa shape index (κ1) is 22.5. The Bertz CT molecular complexity index is 1370. The molecule has 4 heterocycles. The van der Waals surface area contributed by atoms with Gasteiger partial charge < -0.3 is 20.4 Å². The molecule has 0 aromatic carbocycles. The van der Waals surface area contributed by atoms with Crippen LogP contribution in [0.25, 0.3) is 10.2 Å². The fourth-order valence-electron chi connectivity index (χ4n) is 4.54. The molecule has 178 valence electrons. The van der Waals surface area contributed by atoms with Crippen LogP contribution in [0.2, 0.25) is 0 Å². The molecule has 0 atom stereocenters. The lowest BCUT2D eigenvalue weighted by Gasteiger charge is -2.39. The van der Waals surface area contributed by atoms with Crippen LogP contribution in [0.3, 0.4) is 0 Å². The third-order valence-electron chi connectivity index (χ3n) is 6.58. The van der Waals surface area contributed by atoms with Gasteiger partial charge in [-0.25, -0.2) is 9.97 Å². The van der Waals surface area contributed by atoms with E-state index in [4.69, 9.17) is 0 Å². The molecular weight excluding hydrogens is 454 g/mol. The number of carbonyl (C=O) groups excluding carboxylic acids is 2. The summed E-state index contributed by atoms with van der Waals surface area (Å²) in [5.41, 5.74) is 0.600. The molecular formula is C23H27N7O3S. The smallest absolute Gasteiger partial charge is 0.276 e. The quantitative estimate of drug-likeness (QED) is 0.555. The Hall–Kier alpha value is -3.31. The molecule has 34 heavy (non-hydrogen) atoms. The largest absolute Gasteiger partial charge is 0.340 e. The number of pyridine rings is 1. The summed E-state index contributed by atoms with van der Waals surface area (Å²) in [6, 6.07) is 3.46. The van der Waals surface area contributed by atoms with Crippen molar-refractivity contribution in [1.82, 2.24) is 29.7 Å². The normalized spacial score (nSPS) is 16.0. The SMILES string of the molecule is Cc1cc(Nc2ncnc3sc(C(=O)N(C)CCN(C)C)cc23)c(=O)n2c1C(=O)NC21CCC1. The lowest BCUT2D eigenvalue weighted by atomic mass is 9.85. The lowest BCUT2D eigenvalue weighted by molar-refractivity contribution is 0.0782. The second-order valence-corrected chi connectivity index (χ2v) is 10.3. The van der Waals surface area contributed by atoms with Crippen LogP contribution in [0.5, 0.6) is 0 Å². The van der Waals surface area contributed by atoms with E-state index in [-0.39, 0.29) is 17.4 Å². The zero-order valence-electron chi connectivity index (χ0n) is 19.6. The highest BCUT2D eigenvalue weighted by molar-refractivity contribution is 7.20. The maximum Gasteiger partial charge on any atom is 0.276 e. The summed E-state index contributed by atoms with van der Waals surface area (Å²) in [5, 5.41) is 6.84. The molecule has 2 amide bonds. The van der Waals surface area contributed by atoms with Crippen molar-refractivity contribution in [2.75, 3.05) is 39.5 Å². The number of thiophene rings is 1. The van der Waals surface area contributed by atoms with Crippen LogP contribution in [-0.2, 0) is 5.66 Å².